The van der Waals surface area contributed by atoms with Crippen LogP contribution in [-0.2, 0) is 0 Å². The first-order valence-corrected chi connectivity index (χ1v) is 9.15. The summed E-state index contributed by atoms with van der Waals surface area (Å²) in [6.45, 7) is 1.66. The van der Waals surface area contributed by atoms with Gasteiger partial charge in [-0.25, -0.2) is 0 Å². The average molecular weight is 336 g/mol. The van der Waals surface area contributed by atoms with Crippen LogP contribution in [0.1, 0.15) is 34.0 Å². The number of thiophene rings is 1. The molecule has 1 saturated heterocycles. The van der Waals surface area contributed by atoms with E-state index in [9.17, 15) is 4.79 Å². The van der Waals surface area contributed by atoms with Crippen molar-refractivity contribution in [2.45, 2.75) is 18.8 Å². The molecule has 122 valence electrons. The first kappa shape index (κ1) is 15.2. The summed E-state index contributed by atoms with van der Waals surface area (Å²) >= 11 is 1.56. The molecule has 4 heteroatoms. The van der Waals surface area contributed by atoms with Crippen molar-refractivity contribution in [1.82, 2.24) is 4.90 Å². The highest BCUT2D eigenvalue weighted by molar-refractivity contribution is 7.20. The van der Waals surface area contributed by atoms with Gasteiger partial charge in [-0.2, -0.15) is 0 Å². The summed E-state index contributed by atoms with van der Waals surface area (Å²) in [5.74, 6) is 0.721. The molecule has 1 aromatic heterocycles. The van der Waals surface area contributed by atoms with Crippen molar-refractivity contribution in [2.24, 2.45) is 0 Å². The molecule has 0 saturated carbocycles. The van der Waals surface area contributed by atoms with Gasteiger partial charge in [0.15, 0.2) is 0 Å². The number of nitrogens with zero attached hydrogens (tertiary/aromatic N) is 1. The Kier molecular flexibility index (Phi) is 3.98. The van der Waals surface area contributed by atoms with Crippen molar-refractivity contribution in [3.63, 3.8) is 0 Å². The minimum atomic E-state index is 0.154. The third kappa shape index (κ3) is 2.89. The molecule has 4 rings (SSSR count). The van der Waals surface area contributed by atoms with Crippen molar-refractivity contribution in [1.29, 1.82) is 0 Å². The third-order valence-electron chi connectivity index (χ3n) is 4.80. The standard InChI is InChI=1S/C20H20N2OS/c21-17-6-7-18-16(12-17)13-19(24-18)20(23)22-10-8-15(9-11-22)14-4-2-1-3-5-14/h1-7,12-13,15H,8-11,21H2. The second-order valence-electron chi connectivity index (χ2n) is 6.39. The zero-order valence-corrected chi connectivity index (χ0v) is 14.3. The number of benzene rings is 2. The van der Waals surface area contributed by atoms with Gasteiger partial charge < -0.3 is 10.6 Å². The van der Waals surface area contributed by atoms with E-state index in [1.807, 2.05) is 29.2 Å². The maximum absolute atomic E-state index is 12.8. The fourth-order valence-corrected chi connectivity index (χ4v) is 4.48. The lowest BCUT2D eigenvalue weighted by Gasteiger charge is -2.32. The van der Waals surface area contributed by atoms with Crippen LogP contribution in [0.15, 0.2) is 54.6 Å². The number of likely N-dealkylation sites (tertiary alicyclic amines) is 1. The van der Waals surface area contributed by atoms with E-state index in [1.54, 1.807) is 11.3 Å². The van der Waals surface area contributed by atoms with E-state index in [4.69, 9.17) is 5.73 Å². The van der Waals surface area contributed by atoms with Crippen molar-refractivity contribution < 1.29 is 4.79 Å². The Balaban J connectivity index is 1.47. The molecule has 0 spiro atoms. The molecular formula is C20H20N2OS. The number of anilines is 1. The second kappa shape index (κ2) is 6.29. The van der Waals surface area contributed by atoms with Gasteiger partial charge in [-0.15, -0.1) is 11.3 Å². The first-order chi connectivity index (χ1) is 11.7. The van der Waals surface area contributed by atoms with E-state index < -0.39 is 0 Å². The number of carbonyl (C=O) groups is 1. The number of nitrogen functional groups attached to an aromatic ring is 1. The van der Waals surface area contributed by atoms with Crippen LogP contribution >= 0.6 is 11.3 Å². The third-order valence-corrected chi connectivity index (χ3v) is 5.91. The summed E-state index contributed by atoms with van der Waals surface area (Å²) in [5, 5.41) is 1.06. The van der Waals surface area contributed by atoms with Gasteiger partial charge in [-0.05, 0) is 54.0 Å². The molecule has 0 aliphatic carbocycles. The van der Waals surface area contributed by atoms with Gasteiger partial charge in [0, 0.05) is 23.5 Å². The van der Waals surface area contributed by atoms with E-state index in [0.29, 0.717) is 5.92 Å². The van der Waals surface area contributed by atoms with Gasteiger partial charge in [0.05, 0.1) is 4.88 Å². The Morgan fingerprint density at radius 2 is 1.79 bits per heavy atom. The predicted octanol–water partition coefficient (Wildman–Crippen LogP) is 4.50. The van der Waals surface area contributed by atoms with Crippen LogP contribution in [0.2, 0.25) is 0 Å². The fraction of sp³-hybridized carbons (Fsp3) is 0.250. The Bertz CT molecular complexity index is 864. The Morgan fingerprint density at radius 3 is 2.54 bits per heavy atom. The molecule has 2 N–H and O–H groups in total. The number of hydrogen-bond donors (Lipinski definition) is 1. The zero-order valence-electron chi connectivity index (χ0n) is 13.4. The molecule has 2 aromatic carbocycles. The number of fused-ring (bicyclic) bond motifs is 1. The Labute approximate surface area is 145 Å². The van der Waals surface area contributed by atoms with Crippen LogP contribution in [0.3, 0.4) is 0 Å². The van der Waals surface area contributed by atoms with Crippen molar-refractivity contribution in [3.8, 4) is 0 Å². The molecule has 1 amide bonds. The molecular weight excluding hydrogens is 316 g/mol. The van der Waals surface area contributed by atoms with E-state index in [1.165, 1.54) is 5.56 Å². The number of rotatable bonds is 2. The first-order valence-electron chi connectivity index (χ1n) is 8.34. The van der Waals surface area contributed by atoms with Crippen LogP contribution in [0.5, 0.6) is 0 Å². The summed E-state index contributed by atoms with van der Waals surface area (Å²) in [7, 11) is 0. The zero-order chi connectivity index (χ0) is 16.5. The molecule has 1 aliphatic heterocycles. The normalized spacial score (nSPS) is 15.8. The van der Waals surface area contributed by atoms with E-state index in [-0.39, 0.29) is 5.91 Å². The molecule has 1 fully saturated rings. The van der Waals surface area contributed by atoms with E-state index in [0.717, 1.165) is 46.6 Å². The molecule has 3 aromatic rings. The van der Waals surface area contributed by atoms with Crippen molar-refractivity contribution in [2.75, 3.05) is 18.8 Å². The van der Waals surface area contributed by atoms with Gasteiger partial charge in [-0.3, -0.25) is 4.79 Å². The van der Waals surface area contributed by atoms with E-state index >= 15 is 0 Å². The minimum absolute atomic E-state index is 0.154. The molecule has 0 atom stereocenters. The van der Waals surface area contributed by atoms with Gasteiger partial charge in [0.25, 0.3) is 5.91 Å². The smallest absolute Gasteiger partial charge is 0.263 e. The Morgan fingerprint density at radius 1 is 1.04 bits per heavy atom. The van der Waals surface area contributed by atoms with Crippen LogP contribution in [-0.4, -0.2) is 23.9 Å². The van der Waals surface area contributed by atoms with Crippen LogP contribution < -0.4 is 5.73 Å². The lowest BCUT2D eigenvalue weighted by molar-refractivity contribution is 0.0718. The van der Waals surface area contributed by atoms with E-state index in [2.05, 4.69) is 30.3 Å². The van der Waals surface area contributed by atoms with Crippen LogP contribution in [0, 0.1) is 0 Å². The molecule has 0 bridgehead atoms. The number of amides is 1. The maximum atomic E-state index is 12.8. The topological polar surface area (TPSA) is 46.3 Å². The lowest BCUT2D eigenvalue weighted by Crippen LogP contribution is -2.37. The molecule has 24 heavy (non-hydrogen) atoms. The molecule has 1 aliphatic rings. The summed E-state index contributed by atoms with van der Waals surface area (Å²) in [6.07, 6.45) is 2.07. The SMILES string of the molecule is Nc1ccc2sc(C(=O)N3CCC(c4ccccc4)CC3)cc2c1. The van der Waals surface area contributed by atoms with Crippen molar-refractivity contribution in [3.05, 3.63) is 65.0 Å². The highest BCUT2D eigenvalue weighted by Gasteiger charge is 2.25. The van der Waals surface area contributed by atoms with Gasteiger partial charge in [0.2, 0.25) is 0 Å². The molecule has 0 radical (unpaired) electrons. The molecule has 0 unspecified atom stereocenters. The predicted molar refractivity (Wildman–Crippen MR) is 101 cm³/mol. The second-order valence-corrected chi connectivity index (χ2v) is 7.47. The van der Waals surface area contributed by atoms with Gasteiger partial charge in [0.1, 0.15) is 0 Å². The summed E-state index contributed by atoms with van der Waals surface area (Å²) in [4.78, 5) is 15.6. The summed E-state index contributed by atoms with van der Waals surface area (Å²) < 4.78 is 1.12. The van der Waals surface area contributed by atoms with Gasteiger partial charge in [-0.1, -0.05) is 30.3 Å². The number of nitrogens with two attached hydrogens (primary N) is 1. The van der Waals surface area contributed by atoms with Crippen molar-refractivity contribution >= 4 is 33.0 Å². The summed E-state index contributed by atoms with van der Waals surface area (Å²) in [6, 6.07) is 18.4. The number of hydrogen-bond acceptors (Lipinski definition) is 3. The highest BCUT2D eigenvalue weighted by Crippen LogP contribution is 2.31. The monoisotopic (exact) mass is 336 g/mol. The van der Waals surface area contributed by atoms with Gasteiger partial charge >= 0.3 is 0 Å². The largest absolute Gasteiger partial charge is 0.399 e. The quantitative estimate of drug-likeness (QED) is 0.700. The Hall–Kier alpha value is -2.33. The van der Waals surface area contributed by atoms with Crippen LogP contribution in [0.25, 0.3) is 10.1 Å². The number of carbonyl (C=O) groups excluding carboxylic acids is 1. The summed E-state index contributed by atoms with van der Waals surface area (Å²) in [5.41, 5.74) is 7.96. The minimum Gasteiger partial charge on any atom is -0.399 e. The average Bonchev–Trinajstić information content (AvgIpc) is 3.05. The highest BCUT2D eigenvalue weighted by atomic mass is 32.1. The fourth-order valence-electron chi connectivity index (χ4n) is 3.46. The molecule has 3 nitrogen and oxygen atoms in total. The number of piperidine rings is 1. The lowest BCUT2D eigenvalue weighted by atomic mass is 9.89. The van der Waals surface area contributed by atoms with Crippen LogP contribution in [0.4, 0.5) is 5.69 Å². The molecule has 2 heterocycles. The maximum Gasteiger partial charge on any atom is 0.263 e.